The molecule has 0 radical (unpaired) electrons. The fraction of sp³-hybridized carbons (Fsp3) is 0.308. The van der Waals surface area contributed by atoms with Gasteiger partial charge in [0, 0.05) is 23.5 Å². The largest absolute Gasteiger partial charge is 0.495 e. The molecular weight excluding hydrogens is 292 g/mol. The standard InChI is InChI=1S/C13H18N4O3S/c1-8-4-12(20-3)13(5-11(8)14)21(18,19)16-7-10-6-15-17-9(10)2/h4-6,16H,7,14H2,1-3H3,(H,15,17). The predicted molar refractivity (Wildman–Crippen MR) is 79.5 cm³/mol. The average Bonchev–Trinajstić information content (AvgIpc) is 2.84. The van der Waals surface area contributed by atoms with E-state index < -0.39 is 10.0 Å². The Balaban J connectivity index is 2.31. The number of hydrogen-bond acceptors (Lipinski definition) is 5. The van der Waals surface area contributed by atoms with Crippen LogP contribution in [0.25, 0.3) is 0 Å². The fourth-order valence-electron chi connectivity index (χ4n) is 1.85. The summed E-state index contributed by atoms with van der Waals surface area (Å²) in [4.78, 5) is 0.0225. The van der Waals surface area contributed by atoms with Crippen LogP contribution in [0.15, 0.2) is 23.2 Å². The second-order valence-electron chi connectivity index (χ2n) is 4.70. The molecule has 2 rings (SSSR count). The van der Waals surface area contributed by atoms with Crippen molar-refractivity contribution in [3.8, 4) is 5.75 Å². The Bertz CT molecular complexity index is 753. The summed E-state index contributed by atoms with van der Waals surface area (Å²) in [5.74, 6) is 0.262. The van der Waals surface area contributed by atoms with Crippen LogP contribution in [0.3, 0.4) is 0 Å². The Morgan fingerprint density at radius 2 is 2.10 bits per heavy atom. The second-order valence-corrected chi connectivity index (χ2v) is 6.44. The maximum absolute atomic E-state index is 12.4. The van der Waals surface area contributed by atoms with Crippen LogP contribution >= 0.6 is 0 Å². The first-order chi connectivity index (χ1) is 9.85. The van der Waals surface area contributed by atoms with E-state index in [1.54, 1.807) is 19.2 Å². The van der Waals surface area contributed by atoms with Crippen LogP contribution in [0.2, 0.25) is 0 Å². The first-order valence-corrected chi connectivity index (χ1v) is 7.76. The second kappa shape index (κ2) is 5.74. The van der Waals surface area contributed by atoms with Crippen molar-refractivity contribution < 1.29 is 13.2 Å². The number of aromatic amines is 1. The number of sulfonamides is 1. The molecule has 1 heterocycles. The summed E-state index contributed by atoms with van der Waals surface area (Å²) in [6.45, 7) is 3.75. The minimum Gasteiger partial charge on any atom is -0.495 e. The number of nitrogen functional groups attached to an aromatic ring is 1. The third-order valence-electron chi connectivity index (χ3n) is 3.23. The number of nitrogens with one attached hydrogen (secondary N) is 2. The molecule has 0 saturated carbocycles. The van der Waals surface area contributed by atoms with Gasteiger partial charge in [-0.25, -0.2) is 13.1 Å². The molecule has 4 N–H and O–H groups in total. The molecule has 114 valence electrons. The van der Waals surface area contributed by atoms with Gasteiger partial charge in [0.1, 0.15) is 10.6 Å². The molecule has 0 fully saturated rings. The Kier molecular flexibility index (Phi) is 4.19. The van der Waals surface area contributed by atoms with E-state index in [2.05, 4.69) is 14.9 Å². The summed E-state index contributed by atoms with van der Waals surface area (Å²) in [6.07, 6.45) is 1.58. The molecular formula is C13H18N4O3S. The zero-order chi connectivity index (χ0) is 15.6. The van der Waals surface area contributed by atoms with E-state index in [1.807, 2.05) is 6.92 Å². The monoisotopic (exact) mass is 310 g/mol. The van der Waals surface area contributed by atoms with Crippen LogP contribution in [-0.4, -0.2) is 25.7 Å². The van der Waals surface area contributed by atoms with Crippen molar-refractivity contribution >= 4 is 15.7 Å². The van der Waals surface area contributed by atoms with Crippen molar-refractivity contribution in [3.05, 3.63) is 35.2 Å². The summed E-state index contributed by atoms with van der Waals surface area (Å²) in [6, 6.07) is 3.01. The molecule has 7 nitrogen and oxygen atoms in total. The third-order valence-corrected chi connectivity index (χ3v) is 4.65. The highest BCUT2D eigenvalue weighted by molar-refractivity contribution is 7.89. The summed E-state index contributed by atoms with van der Waals surface area (Å²) in [5, 5.41) is 6.60. The molecule has 8 heteroatoms. The number of methoxy groups -OCH3 is 1. The Morgan fingerprint density at radius 3 is 2.67 bits per heavy atom. The van der Waals surface area contributed by atoms with Crippen LogP contribution in [0, 0.1) is 13.8 Å². The van der Waals surface area contributed by atoms with Crippen LogP contribution < -0.4 is 15.2 Å². The molecule has 0 saturated heterocycles. The molecule has 0 aliphatic rings. The summed E-state index contributed by atoms with van der Waals surface area (Å²) >= 11 is 0. The molecule has 0 atom stereocenters. The van der Waals surface area contributed by atoms with Crippen LogP contribution in [0.5, 0.6) is 5.75 Å². The van der Waals surface area contributed by atoms with E-state index in [-0.39, 0.29) is 17.2 Å². The van der Waals surface area contributed by atoms with E-state index in [9.17, 15) is 8.42 Å². The number of aromatic nitrogens is 2. The zero-order valence-corrected chi connectivity index (χ0v) is 12.9. The maximum atomic E-state index is 12.4. The first-order valence-electron chi connectivity index (χ1n) is 6.27. The highest BCUT2D eigenvalue weighted by Gasteiger charge is 2.21. The van der Waals surface area contributed by atoms with E-state index in [4.69, 9.17) is 10.5 Å². The molecule has 0 aliphatic heterocycles. The van der Waals surface area contributed by atoms with E-state index in [0.717, 1.165) is 16.8 Å². The zero-order valence-electron chi connectivity index (χ0n) is 12.1. The minimum absolute atomic E-state index is 0.0225. The molecule has 0 unspecified atom stereocenters. The predicted octanol–water partition coefficient (Wildman–Crippen LogP) is 1.10. The smallest absolute Gasteiger partial charge is 0.244 e. The van der Waals surface area contributed by atoms with Crippen molar-refractivity contribution in [2.24, 2.45) is 0 Å². The van der Waals surface area contributed by atoms with E-state index in [0.29, 0.717) is 5.69 Å². The van der Waals surface area contributed by atoms with Crippen molar-refractivity contribution in [3.63, 3.8) is 0 Å². The minimum atomic E-state index is -3.73. The molecule has 0 bridgehead atoms. The maximum Gasteiger partial charge on any atom is 0.244 e. The molecule has 21 heavy (non-hydrogen) atoms. The number of H-pyrrole nitrogens is 1. The summed E-state index contributed by atoms with van der Waals surface area (Å²) in [7, 11) is -2.31. The van der Waals surface area contributed by atoms with Gasteiger partial charge < -0.3 is 10.5 Å². The third kappa shape index (κ3) is 3.17. The van der Waals surface area contributed by atoms with Gasteiger partial charge in [0.2, 0.25) is 10.0 Å². The Morgan fingerprint density at radius 1 is 1.38 bits per heavy atom. The molecule has 2 aromatic rings. The average molecular weight is 310 g/mol. The lowest BCUT2D eigenvalue weighted by Gasteiger charge is -2.13. The van der Waals surface area contributed by atoms with Crippen LogP contribution in [-0.2, 0) is 16.6 Å². The number of benzene rings is 1. The quantitative estimate of drug-likeness (QED) is 0.716. The highest BCUT2D eigenvalue weighted by Crippen LogP contribution is 2.28. The van der Waals surface area contributed by atoms with Crippen LogP contribution in [0.4, 0.5) is 5.69 Å². The van der Waals surface area contributed by atoms with Gasteiger partial charge in [0.25, 0.3) is 0 Å². The van der Waals surface area contributed by atoms with Crippen molar-refractivity contribution in [2.45, 2.75) is 25.3 Å². The number of rotatable bonds is 5. The molecule has 0 spiro atoms. The number of nitrogens with two attached hydrogens (primary N) is 1. The molecule has 0 amide bonds. The van der Waals surface area contributed by atoms with Crippen molar-refractivity contribution in [1.82, 2.24) is 14.9 Å². The van der Waals surface area contributed by atoms with Gasteiger partial charge in [-0.1, -0.05) is 0 Å². The lowest BCUT2D eigenvalue weighted by molar-refractivity contribution is 0.402. The Labute approximate surface area is 123 Å². The lowest BCUT2D eigenvalue weighted by Crippen LogP contribution is -2.24. The normalized spacial score (nSPS) is 11.6. The van der Waals surface area contributed by atoms with Crippen molar-refractivity contribution in [2.75, 3.05) is 12.8 Å². The Hall–Kier alpha value is -2.06. The number of aryl methyl sites for hydroxylation is 2. The van der Waals surface area contributed by atoms with Gasteiger partial charge in [-0.15, -0.1) is 0 Å². The summed E-state index contributed by atoms with van der Waals surface area (Å²) < 4.78 is 32.5. The molecule has 0 aliphatic carbocycles. The number of nitrogens with zero attached hydrogens (tertiary/aromatic N) is 1. The highest BCUT2D eigenvalue weighted by atomic mass is 32.2. The van der Waals surface area contributed by atoms with Gasteiger partial charge in [0.05, 0.1) is 13.3 Å². The van der Waals surface area contributed by atoms with Crippen LogP contribution in [0.1, 0.15) is 16.8 Å². The number of ether oxygens (including phenoxy) is 1. The van der Waals surface area contributed by atoms with E-state index in [1.165, 1.54) is 13.2 Å². The lowest BCUT2D eigenvalue weighted by atomic mass is 10.2. The van der Waals surface area contributed by atoms with Gasteiger partial charge >= 0.3 is 0 Å². The van der Waals surface area contributed by atoms with Gasteiger partial charge in [-0.2, -0.15) is 5.10 Å². The number of anilines is 1. The van der Waals surface area contributed by atoms with Gasteiger partial charge in [-0.05, 0) is 31.5 Å². The van der Waals surface area contributed by atoms with Gasteiger partial charge in [0.15, 0.2) is 0 Å². The number of hydrogen-bond donors (Lipinski definition) is 3. The first kappa shape index (κ1) is 15.3. The SMILES string of the molecule is COc1cc(C)c(N)cc1S(=O)(=O)NCc1cn[nH]c1C. The fourth-order valence-corrected chi connectivity index (χ4v) is 3.04. The van der Waals surface area contributed by atoms with Crippen molar-refractivity contribution in [1.29, 1.82) is 0 Å². The summed E-state index contributed by atoms with van der Waals surface area (Å²) in [5.41, 5.74) is 8.54. The molecule has 1 aromatic carbocycles. The van der Waals surface area contributed by atoms with Gasteiger partial charge in [-0.3, -0.25) is 5.10 Å². The van der Waals surface area contributed by atoms with E-state index >= 15 is 0 Å². The topological polar surface area (TPSA) is 110 Å². The molecule has 1 aromatic heterocycles.